The normalized spacial score (nSPS) is 10.6. The molecular weight excluding hydrogens is 222 g/mol. The third kappa shape index (κ3) is 3.35. The van der Waals surface area contributed by atoms with Crippen molar-refractivity contribution in [1.29, 1.82) is 0 Å². The van der Waals surface area contributed by atoms with Gasteiger partial charge in [0.1, 0.15) is 0 Å². The van der Waals surface area contributed by atoms with E-state index in [4.69, 9.17) is 11.6 Å². The maximum atomic E-state index is 6.23. The summed E-state index contributed by atoms with van der Waals surface area (Å²) in [7, 11) is 1.93. The number of nitrogens with zero attached hydrogens (tertiary/aromatic N) is 2. The Balaban J connectivity index is 2.60. The van der Waals surface area contributed by atoms with Gasteiger partial charge in [0, 0.05) is 20.1 Å². The van der Waals surface area contributed by atoms with E-state index in [-0.39, 0.29) is 0 Å². The number of hydrogen-bond acceptors (Lipinski definition) is 2. The molecule has 0 unspecified atom stereocenters. The second-order valence-corrected chi connectivity index (χ2v) is 4.47. The lowest BCUT2D eigenvalue weighted by atomic mass is 10.3. The number of rotatable bonds is 5. The van der Waals surface area contributed by atoms with E-state index in [1.54, 1.807) is 0 Å². The standard InChI is InChI=1S/C12H20ClN3/c1-5-10-12(13)11(16(4)15-10)8-14-7-6-9(2)3/h6,14H,5,7-8H2,1-4H3. The minimum Gasteiger partial charge on any atom is -0.308 e. The molecular formula is C12H20ClN3. The molecule has 0 fully saturated rings. The quantitative estimate of drug-likeness (QED) is 0.635. The molecule has 0 amide bonds. The molecule has 0 aromatic carbocycles. The van der Waals surface area contributed by atoms with Crippen LogP contribution in [0.5, 0.6) is 0 Å². The van der Waals surface area contributed by atoms with E-state index in [0.29, 0.717) is 0 Å². The lowest BCUT2D eigenvalue weighted by molar-refractivity contribution is 0.649. The van der Waals surface area contributed by atoms with Crippen LogP contribution in [0.1, 0.15) is 32.2 Å². The van der Waals surface area contributed by atoms with Gasteiger partial charge in [0.05, 0.1) is 16.4 Å². The molecule has 1 aromatic heterocycles. The summed E-state index contributed by atoms with van der Waals surface area (Å²) in [5.41, 5.74) is 3.35. The predicted octanol–water partition coefficient (Wildman–Crippen LogP) is 2.69. The van der Waals surface area contributed by atoms with Gasteiger partial charge < -0.3 is 5.32 Å². The Morgan fingerprint density at radius 2 is 2.19 bits per heavy atom. The molecule has 0 atom stereocenters. The Morgan fingerprint density at radius 3 is 2.69 bits per heavy atom. The van der Waals surface area contributed by atoms with Crippen molar-refractivity contribution < 1.29 is 0 Å². The van der Waals surface area contributed by atoms with Crippen molar-refractivity contribution in [3.05, 3.63) is 28.1 Å². The Kier molecular flexibility index (Phi) is 5.03. The summed E-state index contributed by atoms with van der Waals surface area (Å²) in [4.78, 5) is 0. The third-order valence-corrected chi connectivity index (χ3v) is 2.89. The second kappa shape index (κ2) is 6.06. The Hall–Kier alpha value is -0.800. The first kappa shape index (κ1) is 13.3. The van der Waals surface area contributed by atoms with Crippen LogP contribution in [0.15, 0.2) is 11.6 Å². The van der Waals surface area contributed by atoms with E-state index in [9.17, 15) is 0 Å². The Morgan fingerprint density at radius 1 is 1.50 bits per heavy atom. The molecule has 1 heterocycles. The van der Waals surface area contributed by atoms with Gasteiger partial charge in [0.25, 0.3) is 0 Å². The first-order valence-electron chi connectivity index (χ1n) is 5.60. The average molecular weight is 242 g/mol. The van der Waals surface area contributed by atoms with Gasteiger partial charge in [-0.25, -0.2) is 0 Å². The van der Waals surface area contributed by atoms with Gasteiger partial charge in [-0.1, -0.05) is 30.2 Å². The molecule has 0 bridgehead atoms. The summed E-state index contributed by atoms with van der Waals surface area (Å²) in [6, 6.07) is 0. The summed E-state index contributed by atoms with van der Waals surface area (Å²) in [6.07, 6.45) is 3.03. The topological polar surface area (TPSA) is 29.9 Å². The van der Waals surface area contributed by atoms with Crippen molar-refractivity contribution in [2.45, 2.75) is 33.7 Å². The zero-order chi connectivity index (χ0) is 12.1. The van der Waals surface area contributed by atoms with Gasteiger partial charge in [-0.2, -0.15) is 5.10 Å². The van der Waals surface area contributed by atoms with Gasteiger partial charge in [-0.3, -0.25) is 4.68 Å². The highest BCUT2D eigenvalue weighted by Crippen LogP contribution is 2.20. The molecule has 0 aliphatic heterocycles. The fraction of sp³-hybridized carbons (Fsp3) is 0.583. The van der Waals surface area contributed by atoms with E-state index in [1.165, 1.54) is 5.57 Å². The summed E-state index contributed by atoms with van der Waals surface area (Å²) in [5, 5.41) is 8.50. The Labute approximate surface area is 102 Å². The minimum atomic E-state index is 0.756. The van der Waals surface area contributed by atoms with Crippen molar-refractivity contribution in [2.24, 2.45) is 7.05 Å². The van der Waals surface area contributed by atoms with E-state index in [1.807, 2.05) is 11.7 Å². The number of halogens is 1. The molecule has 90 valence electrons. The molecule has 1 aromatic rings. The molecule has 0 saturated carbocycles. The van der Waals surface area contributed by atoms with Crippen LogP contribution >= 0.6 is 11.6 Å². The van der Waals surface area contributed by atoms with E-state index >= 15 is 0 Å². The van der Waals surface area contributed by atoms with Gasteiger partial charge in [0.15, 0.2) is 0 Å². The van der Waals surface area contributed by atoms with Crippen LogP contribution in [-0.2, 0) is 20.0 Å². The lowest BCUT2D eigenvalue weighted by Gasteiger charge is -2.03. The highest BCUT2D eigenvalue weighted by Gasteiger charge is 2.11. The van der Waals surface area contributed by atoms with Gasteiger partial charge in [0.2, 0.25) is 0 Å². The van der Waals surface area contributed by atoms with Crippen molar-refractivity contribution in [3.63, 3.8) is 0 Å². The first-order valence-corrected chi connectivity index (χ1v) is 5.98. The monoisotopic (exact) mass is 241 g/mol. The second-order valence-electron chi connectivity index (χ2n) is 4.10. The fourth-order valence-corrected chi connectivity index (χ4v) is 1.84. The van der Waals surface area contributed by atoms with Gasteiger partial charge >= 0.3 is 0 Å². The number of aromatic nitrogens is 2. The molecule has 0 saturated heterocycles. The number of aryl methyl sites for hydroxylation is 2. The predicted molar refractivity (Wildman–Crippen MR) is 68.7 cm³/mol. The number of hydrogen-bond donors (Lipinski definition) is 1. The van der Waals surface area contributed by atoms with Crippen LogP contribution in [0.4, 0.5) is 0 Å². The van der Waals surface area contributed by atoms with Crippen LogP contribution < -0.4 is 5.32 Å². The van der Waals surface area contributed by atoms with E-state index in [0.717, 1.165) is 35.9 Å². The zero-order valence-corrected chi connectivity index (χ0v) is 11.2. The van der Waals surface area contributed by atoms with Crippen molar-refractivity contribution in [3.8, 4) is 0 Å². The number of nitrogens with one attached hydrogen (secondary N) is 1. The fourth-order valence-electron chi connectivity index (χ4n) is 1.48. The first-order chi connectivity index (χ1) is 7.56. The molecule has 0 radical (unpaired) electrons. The third-order valence-electron chi connectivity index (χ3n) is 2.45. The van der Waals surface area contributed by atoms with E-state index in [2.05, 4.69) is 37.3 Å². The molecule has 4 heteroatoms. The van der Waals surface area contributed by atoms with Crippen LogP contribution in [-0.4, -0.2) is 16.3 Å². The highest BCUT2D eigenvalue weighted by atomic mass is 35.5. The summed E-state index contributed by atoms with van der Waals surface area (Å²) >= 11 is 6.23. The molecule has 0 aliphatic rings. The summed E-state index contributed by atoms with van der Waals surface area (Å²) in [6.45, 7) is 7.87. The van der Waals surface area contributed by atoms with Gasteiger partial charge in [-0.15, -0.1) is 0 Å². The Bertz CT molecular complexity index is 376. The van der Waals surface area contributed by atoms with Crippen LogP contribution in [0.25, 0.3) is 0 Å². The van der Waals surface area contributed by atoms with Crippen LogP contribution in [0.3, 0.4) is 0 Å². The zero-order valence-electron chi connectivity index (χ0n) is 10.5. The largest absolute Gasteiger partial charge is 0.308 e. The maximum Gasteiger partial charge on any atom is 0.0863 e. The number of allylic oxidation sites excluding steroid dienone is 1. The smallest absolute Gasteiger partial charge is 0.0863 e. The SMILES string of the molecule is CCc1nn(C)c(CNCC=C(C)C)c1Cl. The molecule has 1 rings (SSSR count). The lowest BCUT2D eigenvalue weighted by Crippen LogP contribution is -2.16. The average Bonchev–Trinajstić information content (AvgIpc) is 2.50. The van der Waals surface area contributed by atoms with E-state index < -0.39 is 0 Å². The van der Waals surface area contributed by atoms with Crippen molar-refractivity contribution in [2.75, 3.05) is 6.54 Å². The van der Waals surface area contributed by atoms with Gasteiger partial charge in [-0.05, 0) is 20.3 Å². The maximum absolute atomic E-state index is 6.23. The van der Waals surface area contributed by atoms with Crippen molar-refractivity contribution >= 4 is 11.6 Å². The molecule has 16 heavy (non-hydrogen) atoms. The molecule has 0 spiro atoms. The summed E-state index contributed by atoms with van der Waals surface area (Å²) < 4.78 is 1.86. The molecule has 0 aliphatic carbocycles. The molecule has 3 nitrogen and oxygen atoms in total. The molecule has 1 N–H and O–H groups in total. The van der Waals surface area contributed by atoms with Crippen molar-refractivity contribution in [1.82, 2.24) is 15.1 Å². The van der Waals surface area contributed by atoms with Crippen LogP contribution in [0, 0.1) is 0 Å². The minimum absolute atomic E-state index is 0.756. The highest BCUT2D eigenvalue weighted by molar-refractivity contribution is 6.31. The summed E-state index contributed by atoms with van der Waals surface area (Å²) in [5.74, 6) is 0. The van der Waals surface area contributed by atoms with Crippen LogP contribution in [0.2, 0.25) is 5.02 Å².